The number of aromatic nitrogens is 1. The average molecular weight is 419 g/mol. The number of pyridine rings is 1. The number of hydrogen-bond acceptors (Lipinski definition) is 5. The molecular formula is C20H23ClN4O4. The Morgan fingerprint density at radius 2 is 1.86 bits per heavy atom. The molecule has 1 aliphatic rings. The van der Waals surface area contributed by atoms with Crippen LogP contribution in [0, 0.1) is 10.1 Å². The first-order chi connectivity index (χ1) is 13.5. The number of rotatable bonds is 5. The molecular weight excluding hydrogens is 396 g/mol. The fourth-order valence-corrected chi connectivity index (χ4v) is 4.08. The van der Waals surface area contributed by atoms with E-state index in [4.69, 9.17) is 11.6 Å². The van der Waals surface area contributed by atoms with Gasteiger partial charge in [-0.3, -0.25) is 15.0 Å². The van der Waals surface area contributed by atoms with Gasteiger partial charge in [-0.2, -0.15) is 0 Å². The maximum absolute atomic E-state index is 12.0. The van der Waals surface area contributed by atoms with Crippen molar-refractivity contribution in [2.75, 3.05) is 5.32 Å². The van der Waals surface area contributed by atoms with Crippen molar-refractivity contribution in [3.05, 3.63) is 57.2 Å². The molecule has 1 aromatic heterocycles. The maximum atomic E-state index is 12.0. The first-order valence-corrected chi connectivity index (χ1v) is 9.64. The Morgan fingerprint density at radius 1 is 1.24 bits per heavy atom. The monoisotopic (exact) mass is 418 g/mol. The van der Waals surface area contributed by atoms with Crippen LogP contribution in [0.3, 0.4) is 0 Å². The lowest BCUT2D eigenvalue weighted by atomic mass is 9.69. The van der Waals surface area contributed by atoms with Gasteiger partial charge in [0.2, 0.25) is 5.82 Å². The lowest BCUT2D eigenvalue weighted by Gasteiger charge is -2.54. The second-order valence-electron chi connectivity index (χ2n) is 8.14. The molecule has 29 heavy (non-hydrogen) atoms. The van der Waals surface area contributed by atoms with Crippen LogP contribution in [0.4, 0.5) is 22.0 Å². The molecule has 1 fully saturated rings. The molecule has 0 bridgehead atoms. The van der Waals surface area contributed by atoms with Crippen LogP contribution in [0.15, 0.2) is 36.4 Å². The number of nitrogens with zero attached hydrogens (tertiary/aromatic N) is 3. The molecule has 0 aliphatic heterocycles. The molecule has 154 valence electrons. The van der Waals surface area contributed by atoms with Crippen LogP contribution in [-0.2, 0) is 5.54 Å². The maximum Gasteiger partial charge on any atom is 0.408 e. The van der Waals surface area contributed by atoms with Crippen molar-refractivity contribution in [2.45, 2.75) is 51.1 Å². The van der Waals surface area contributed by atoms with Gasteiger partial charge in [-0.05, 0) is 63.8 Å². The summed E-state index contributed by atoms with van der Waals surface area (Å²) in [4.78, 5) is 28.2. The van der Waals surface area contributed by atoms with Crippen molar-refractivity contribution >= 4 is 34.9 Å². The summed E-state index contributed by atoms with van der Waals surface area (Å²) >= 11 is 5.87. The Hall–Kier alpha value is -2.87. The van der Waals surface area contributed by atoms with Gasteiger partial charge in [0.1, 0.15) is 5.15 Å². The number of anilines is 2. The van der Waals surface area contributed by atoms with Crippen molar-refractivity contribution in [1.82, 2.24) is 9.88 Å². The summed E-state index contributed by atoms with van der Waals surface area (Å²) in [6.07, 6.45) is 1.52. The standard InChI is InChI=1S/C20H23ClN4O4/c1-19(2,3)24(18(26)27)20(11-4-12-20)13-5-7-14(8-6-13)22-17-15(25(28)29)9-10-16(21)23-17/h5-10H,4,11-12H2,1-3H3,(H,22,23)(H,26,27). The minimum atomic E-state index is -0.946. The second-order valence-corrected chi connectivity index (χ2v) is 8.52. The SMILES string of the molecule is CC(C)(C)N(C(=O)O)C1(c2ccc(Nc3nc(Cl)ccc3[N+](=O)[O-])cc2)CCC1. The van der Waals surface area contributed by atoms with E-state index in [1.54, 1.807) is 12.1 Å². The van der Waals surface area contributed by atoms with Gasteiger partial charge in [0.15, 0.2) is 0 Å². The van der Waals surface area contributed by atoms with Crippen molar-refractivity contribution < 1.29 is 14.8 Å². The molecule has 0 spiro atoms. The topological polar surface area (TPSA) is 109 Å². The third-order valence-electron chi connectivity index (χ3n) is 5.19. The minimum Gasteiger partial charge on any atom is -0.465 e. The Labute approximate surface area is 173 Å². The van der Waals surface area contributed by atoms with Gasteiger partial charge >= 0.3 is 11.8 Å². The Kier molecular flexibility index (Phi) is 5.40. The number of benzene rings is 1. The number of carboxylic acid groups (broad SMARTS) is 1. The highest BCUT2D eigenvalue weighted by atomic mass is 35.5. The molecule has 3 rings (SSSR count). The Morgan fingerprint density at radius 3 is 2.31 bits per heavy atom. The number of halogens is 1. The first-order valence-electron chi connectivity index (χ1n) is 9.26. The van der Waals surface area contributed by atoms with Gasteiger partial charge in [-0.1, -0.05) is 23.7 Å². The zero-order chi connectivity index (χ0) is 21.4. The van der Waals surface area contributed by atoms with Gasteiger partial charge < -0.3 is 10.4 Å². The van der Waals surface area contributed by atoms with E-state index in [1.807, 2.05) is 32.9 Å². The van der Waals surface area contributed by atoms with E-state index in [1.165, 1.54) is 17.0 Å². The van der Waals surface area contributed by atoms with Gasteiger partial charge in [0.25, 0.3) is 0 Å². The minimum absolute atomic E-state index is 0.0514. The quantitative estimate of drug-likeness (QED) is 0.374. The lowest BCUT2D eigenvalue weighted by Crippen LogP contribution is -2.60. The summed E-state index contributed by atoms with van der Waals surface area (Å²) < 4.78 is 0. The highest BCUT2D eigenvalue weighted by Crippen LogP contribution is 2.49. The van der Waals surface area contributed by atoms with Crippen molar-refractivity contribution in [3.63, 3.8) is 0 Å². The van der Waals surface area contributed by atoms with E-state index >= 15 is 0 Å². The summed E-state index contributed by atoms with van der Waals surface area (Å²) in [5.41, 5.74) is 0.204. The number of carbonyl (C=O) groups is 1. The molecule has 1 heterocycles. The average Bonchev–Trinajstić information content (AvgIpc) is 2.57. The van der Waals surface area contributed by atoms with Crippen LogP contribution in [0.25, 0.3) is 0 Å². The largest absolute Gasteiger partial charge is 0.465 e. The van der Waals surface area contributed by atoms with Crippen LogP contribution in [-0.4, -0.2) is 31.5 Å². The van der Waals surface area contributed by atoms with E-state index in [9.17, 15) is 20.0 Å². The zero-order valence-electron chi connectivity index (χ0n) is 16.5. The summed E-state index contributed by atoms with van der Waals surface area (Å²) in [6.45, 7) is 5.67. The molecule has 2 N–H and O–H groups in total. The molecule has 8 nitrogen and oxygen atoms in total. The van der Waals surface area contributed by atoms with Gasteiger partial charge in [-0.15, -0.1) is 0 Å². The predicted molar refractivity (Wildman–Crippen MR) is 111 cm³/mol. The summed E-state index contributed by atoms with van der Waals surface area (Å²) in [7, 11) is 0. The first kappa shape index (κ1) is 20.9. The normalized spacial score (nSPS) is 15.3. The van der Waals surface area contributed by atoms with Crippen molar-refractivity contribution in [3.8, 4) is 0 Å². The molecule has 1 aromatic carbocycles. The number of nitro groups is 1. The third-order valence-corrected chi connectivity index (χ3v) is 5.40. The van der Waals surface area contributed by atoms with E-state index in [2.05, 4.69) is 10.3 Å². The molecule has 1 aliphatic carbocycles. The van der Waals surface area contributed by atoms with Crippen molar-refractivity contribution in [1.29, 1.82) is 0 Å². The Balaban J connectivity index is 1.92. The highest BCUT2D eigenvalue weighted by molar-refractivity contribution is 6.29. The van der Waals surface area contributed by atoms with Crippen LogP contribution in [0.1, 0.15) is 45.6 Å². The summed E-state index contributed by atoms with van der Waals surface area (Å²) in [5, 5.41) is 24.1. The second kappa shape index (κ2) is 7.51. The molecule has 9 heteroatoms. The molecule has 2 aromatic rings. The van der Waals surface area contributed by atoms with Crippen LogP contribution < -0.4 is 5.32 Å². The number of nitrogens with one attached hydrogen (secondary N) is 1. The highest BCUT2D eigenvalue weighted by Gasteiger charge is 2.50. The molecule has 0 atom stereocenters. The van der Waals surface area contributed by atoms with Gasteiger partial charge in [0, 0.05) is 17.3 Å². The number of hydrogen-bond donors (Lipinski definition) is 2. The molecule has 0 radical (unpaired) electrons. The van der Waals surface area contributed by atoms with Crippen LogP contribution >= 0.6 is 11.6 Å². The predicted octanol–water partition coefficient (Wildman–Crippen LogP) is 5.54. The number of amides is 1. The van der Waals surface area contributed by atoms with Gasteiger partial charge in [-0.25, -0.2) is 9.78 Å². The fourth-order valence-electron chi connectivity index (χ4n) is 3.93. The van der Waals surface area contributed by atoms with Gasteiger partial charge in [0.05, 0.1) is 10.5 Å². The van der Waals surface area contributed by atoms with Crippen molar-refractivity contribution in [2.24, 2.45) is 0 Å². The summed E-state index contributed by atoms with van der Waals surface area (Å²) in [6, 6.07) is 9.92. The zero-order valence-corrected chi connectivity index (χ0v) is 17.2. The van der Waals surface area contributed by atoms with E-state index in [-0.39, 0.29) is 16.7 Å². The Bertz CT molecular complexity index is 936. The van der Waals surface area contributed by atoms with E-state index in [0.717, 1.165) is 24.8 Å². The molecule has 0 unspecified atom stereocenters. The molecule has 1 saturated carbocycles. The van der Waals surface area contributed by atoms with E-state index in [0.29, 0.717) is 5.69 Å². The lowest BCUT2D eigenvalue weighted by molar-refractivity contribution is -0.384. The van der Waals surface area contributed by atoms with Crippen LogP contribution in [0.2, 0.25) is 5.15 Å². The fraction of sp³-hybridized carbons (Fsp3) is 0.400. The third kappa shape index (κ3) is 3.98. The molecule has 1 amide bonds. The molecule has 0 saturated heterocycles. The van der Waals surface area contributed by atoms with E-state index < -0.39 is 22.1 Å². The summed E-state index contributed by atoms with van der Waals surface area (Å²) in [5.74, 6) is 0.0514. The smallest absolute Gasteiger partial charge is 0.408 e. The van der Waals surface area contributed by atoms with Crippen LogP contribution in [0.5, 0.6) is 0 Å².